The molecule has 1 aromatic carbocycles. The van der Waals surface area contributed by atoms with Crippen LogP contribution in [0.4, 0.5) is 0 Å². The van der Waals surface area contributed by atoms with Crippen LogP contribution in [-0.4, -0.2) is 24.0 Å². The molecule has 1 atom stereocenters. The standard InChI is InChI=1S/C17H23N3OS/c1-4-5-15(18-3)17(21)19-10-13-6-8-14(9-7-13)16-12(2)20-11-22-16/h6-9,11,15,18H,4-5,10H2,1-3H3,(H,19,21). The minimum Gasteiger partial charge on any atom is -0.351 e. The topological polar surface area (TPSA) is 54.0 Å². The second kappa shape index (κ2) is 8.06. The third kappa shape index (κ3) is 4.15. The van der Waals surface area contributed by atoms with Gasteiger partial charge in [-0.15, -0.1) is 11.3 Å². The first-order valence-corrected chi connectivity index (χ1v) is 8.48. The third-order valence-corrected chi connectivity index (χ3v) is 4.65. The molecule has 0 bridgehead atoms. The number of carbonyl (C=O) groups is 1. The maximum absolute atomic E-state index is 12.1. The Morgan fingerprint density at radius 1 is 1.32 bits per heavy atom. The summed E-state index contributed by atoms with van der Waals surface area (Å²) in [6, 6.07) is 8.18. The fourth-order valence-electron chi connectivity index (χ4n) is 2.36. The number of hydrogen-bond donors (Lipinski definition) is 2. The summed E-state index contributed by atoms with van der Waals surface area (Å²) < 4.78 is 0. The zero-order valence-electron chi connectivity index (χ0n) is 13.3. The van der Waals surface area contributed by atoms with Crippen LogP contribution in [-0.2, 0) is 11.3 Å². The summed E-state index contributed by atoms with van der Waals surface area (Å²) in [5.74, 6) is 0.0618. The summed E-state index contributed by atoms with van der Waals surface area (Å²) in [6.07, 6.45) is 1.84. The molecule has 118 valence electrons. The molecule has 1 heterocycles. The molecule has 2 rings (SSSR count). The number of likely N-dealkylation sites (N-methyl/N-ethyl adjacent to an activating group) is 1. The predicted octanol–water partition coefficient (Wildman–Crippen LogP) is 3.12. The van der Waals surface area contributed by atoms with Crippen LogP contribution in [0.15, 0.2) is 29.8 Å². The van der Waals surface area contributed by atoms with Crippen molar-refractivity contribution >= 4 is 17.2 Å². The molecule has 0 spiro atoms. The van der Waals surface area contributed by atoms with E-state index < -0.39 is 0 Å². The van der Waals surface area contributed by atoms with E-state index in [-0.39, 0.29) is 11.9 Å². The fourth-order valence-corrected chi connectivity index (χ4v) is 3.17. The summed E-state index contributed by atoms with van der Waals surface area (Å²) in [6.45, 7) is 4.66. The van der Waals surface area contributed by atoms with Gasteiger partial charge in [-0.2, -0.15) is 0 Å². The van der Waals surface area contributed by atoms with Crippen LogP contribution in [0, 0.1) is 6.92 Å². The molecule has 2 N–H and O–H groups in total. The van der Waals surface area contributed by atoms with Gasteiger partial charge in [-0.25, -0.2) is 4.98 Å². The second-order valence-electron chi connectivity index (χ2n) is 5.31. The fraction of sp³-hybridized carbons (Fsp3) is 0.412. The molecular formula is C17H23N3OS. The molecule has 0 fully saturated rings. The summed E-state index contributed by atoms with van der Waals surface area (Å²) in [5, 5.41) is 6.04. The van der Waals surface area contributed by atoms with Gasteiger partial charge in [0, 0.05) is 6.54 Å². The smallest absolute Gasteiger partial charge is 0.237 e. The minimum atomic E-state index is -0.107. The normalized spacial score (nSPS) is 12.1. The van der Waals surface area contributed by atoms with Gasteiger partial charge in [0.1, 0.15) is 0 Å². The lowest BCUT2D eigenvalue weighted by Crippen LogP contribution is -2.42. The maximum atomic E-state index is 12.1. The van der Waals surface area contributed by atoms with Crippen molar-refractivity contribution < 1.29 is 4.79 Å². The van der Waals surface area contributed by atoms with Crippen LogP contribution in [0.1, 0.15) is 31.0 Å². The van der Waals surface area contributed by atoms with Gasteiger partial charge >= 0.3 is 0 Å². The number of nitrogens with zero attached hydrogens (tertiary/aromatic N) is 1. The quantitative estimate of drug-likeness (QED) is 0.825. The third-order valence-electron chi connectivity index (χ3n) is 3.67. The number of aromatic nitrogens is 1. The van der Waals surface area contributed by atoms with Crippen LogP contribution in [0.5, 0.6) is 0 Å². The van der Waals surface area contributed by atoms with Crippen molar-refractivity contribution in [1.82, 2.24) is 15.6 Å². The van der Waals surface area contributed by atoms with Crippen LogP contribution in [0.3, 0.4) is 0 Å². The molecule has 5 heteroatoms. The Bertz CT molecular complexity index is 607. The number of benzene rings is 1. The first kappa shape index (κ1) is 16.6. The Labute approximate surface area is 136 Å². The molecule has 0 aliphatic heterocycles. The molecule has 1 aromatic heterocycles. The van der Waals surface area contributed by atoms with E-state index in [0.29, 0.717) is 6.54 Å². The first-order chi connectivity index (χ1) is 10.7. The molecule has 0 saturated heterocycles. The van der Waals surface area contributed by atoms with Crippen molar-refractivity contribution in [3.8, 4) is 10.4 Å². The Morgan fingerprint density at radius 3 is 2.59 bits per heavy atom. The maximum Gasteiger partial charge on any atom is 0.237 e. The van der Waals surface area contributed by atoms with E-state index in [9.17, 15) is 4.79 Å². The molecule has 0 radical (unpaired) electrons. The van der Waals surface area contributed by atoms with Gasteiger partial charge in [-0.3, -0.25) is 4.79 Å². The van der Waals surface area contributed by atoms with E-state index in [2.05, 4.69) is 46.8 Å². The van der Waals surface area contributed by atoms with E-state index in [0.717, 1.165) is 24.1 Å². The van der Waals surface area contributed by atoms with Crippen LogP contribution in [0.2, 0.25) is 0 Å². The van der Waals surface area contributed by atoms with Crippen LogP contribution in [0.25, 0.3) is 10.4 Å². The van der Waals surface area contributed by atoms with Crippen molar-refractivity contribution in [2.24, 2.45) is 0 Å². The highest BCUT2D eigenvalue weighted by Gasteiger charge is 2.14. The lowest BCUT2D eigenvalue weighted by atomic mass is 10.1. The summed E-state index contributed by atoms with van der Waals surface area (Å²) in [4.78, 5) is 17.5. The van der Waals surface area contributed by atoms with E-state index in [1.165, 1.54) is 10.4 Å². The average Bonchev–Trinajstić information content (AvgIpc) is 2.97. The highest BCUT2D eigenvalue weighted by atomic mass is 32.1. The molecule has 0 aliphatic rings. The number of rotatable bonds is 7. The highest BCUT2D eigenvalue weighted by Crippen LogP contribution is 2.27. The van der Waals surface area contributed by atoms with E-state index in [1.807, 2.05) is 19.5 Å². The molecule has 2 aromatic rings. The van der Waals surface area contributed by atoms with Gasteiger partial charge in [-0.1, -0.05) is 37.6 Å². The zero-order valence-corrected chi connectivity index (χ0v) is 14.2. The number of thiazole rings is 1. The van der Waals surface area contributed by atoms with Gasteiger partial charge < -0.3 is 10.6 Å². The van der Waals surface area contributed by atoms with Crippen LogP contribution >= 0.6 is 11.3 Å². The molecule has 1 unspecified atom stereocenters. The Kier molecular flexibility index (Phi) is 6.10. The molecule has 1 amide bonds. The van der Waals surface area contributed by atoms with Crippen molar-refractivity contribution in [3.05, 3.63) is 41.0 Å². The van der Waals surface area contributed by atoms with Gasteiger partial charge in [-0.05, 0) is 31.5 Å². The van der Waals surface area contributed by atoms with Gasteiger partial charge in [0.2, 0.25) is 5.91 Å². The lowest BCUT2D eigenvalue weighted by molar-refractivity contribution is -0.123. The average molecular weight is 317 g/mol. The molecule has 22 heavy (non-hydrogen) atoms. The Hall–Kier alpha value is -1.72. The van der Waals surface area contributed by atoms with E-state index >= 15 is 0 Å². The van der Waals surface area contributed by atoms with Gasteiger partial charge in [0.15, 0.2) is 0 Å². The monoisotopic (exact) mass is 317 g/mol. The summed E-state index contributed by atoms with van der Waals surface area (Å²) in [5.41, 5.74) is 5.20. The van der Waals surface area contributed by atoms with Gasteiger partial charge in [0.05, 0.1) is 22.1 Å². The Balaban J connectivity index is 1.94. The first-order valence-electron chi connectivity index (χ1n) is 7.60. The van der Waals surface area contributed by atoms with Crippen molar-refractivity contribution in [2.45, 2.75) is 39.3 Å². The Morgan fingerprint density at radius 2 is 2.05 bits per heavy atom. The molecule has 0 aliphatic carbocycles. The predicted molar refractivity (Wildman–Crippen MR) is 91.9 cm³/mol. The minimum absolute atomic E-state index is 0.0618. The van der Waals surface area contributed by atoms with Crippen LogP contribution < -0.4 is 10.6 Å². The lowest BCUT2D eigenvalue weighted by Gasteiger charge is -2.15. The number of aryl methyl sites for hydroxylation is 1. The molecule has 4 nitrogen and oxygen atoms in total. The second-order valence-corrected chi connectivity index (χ2v) is 6.17. The SMILES string of the molecule is CCCC(NC)C(=O)NCc1ccc(-c2scnc2C)cc1. The summed E-state index contributed by atoms with van der Waals surface area (Å²) >= 11 is 1.65. The highest BCUT2D eigenvalue weighted by molar-refractivity contribution is 7.13. The van der Waals surface area contributed by atoms with Crippen molar-refractivity contribution in [2.75, 3.05) is 7.05 Å². The van der Waals surface area contributed by atoms with Gasteiger partial charge in [0.25, 0.3) is 0 Å². The van der Waals surface area contributed by atoms with E-state index in [1.54, 1.807) is 11.3 Å². The zero-order chi connectivity index (χ0) is 15.9. The number of nitrogens with one attached hydrogen (secondary N) is 2. The number of hydrogen-bond acceptors (Lipinski definition) is 4. The van der Waals surface area contributed by atoms with Crippen molar-refractivity contribution in [3.63, 3.8) is 0 Å². The summed E-state index contributed by atoms with van der Waals surface area (Å²) in [7, 11) is 1.83. The van der Waals surface area contributed by atoms with Crippen molar-refractivity contribution in [1.29, 1.82) is 0 Å². The number of amides is 1. The molecular weight excluding hydrogens is 294 g/mol. The largest absolute Gasteiger partial charge is 0.351 e. The molecule has 0 saturated carbocycles. The van der Waals surface area contributed by atoms with E-state index in [4.69, 9.17) is 0 Å². The number of carbonyl (C=O) groups excluding carboxylic acids is 1.